The summed E-state index contributed by atoms with van der Waals surface area (Å²) in [6.07, 6.45) is 2.25. The number of carboxylic acids is 1. The average molecular weight is 332 g/mol. The molecule has 1 aromatic carbocycles. The highest BCUT2D eigenvalue weighted by Crippen LogP contribution is 2.33. The Labute approximate surface area is 132 Å². The van der Waals surface area contributed by atoms with Crippen LogP contribution >= 0.6 is 23.2 Å². The summed E-state index contributed by atoms with van der Waals surface area (Å²) in [5.41, 5.74) is 0.391. The van der Waals surface area contributed by atoms with Crippen molar-refractivity contribution in [3.8, 4) is 5.75 Å². The summed E-state index contributed by atoms with van der Waals surface area (Å²) in [4.78, 5) is 23.8. The zero-order valence-electron chi connectivity index (χ0n) is 11.6. The number of rotatable bonds is 6. The van der Waals surface area contributed by atoms with E-state index in [1.165, 1.54) is 23.1 Å². The van der Waals surface area contributed by atoms with E-state index < -0.39 is 5.97 Å². The van der Waals surface area contributed by atoms with E-state index in [1.54, 1.807) is 7.05 Å². The SMILES string of the molecule is CCN(C)C(=O)COc1c(Cl)cc(Cl)cc1/C=C/C(=O)O. The van der Waals surface area contributed by atoms with Gasteiger partial charge in [0.2, 0.25) is 0 Å². The van der Waals surface area contributed by atoms with E-state index >= 15 is 0 Å². The third-order valence-electron chi connectivity index (χ3n) is 2.68. The number of hydrogen-bond acceptors (Lipinski definition) is 3. The van der Waals surface area contributed by atoms with E-state index in [0.717, 1.165) is 6.08 Å². The van der Waals surface area contributed by atoms with Gasteiger partial charge in [0.05, 0.1) is 5.02 Å². The summed E-state index contributed by atoms with van der Waals surface area (Å²) in [5.74, 6) is -1.10. The molecule has 0 aliphatic heterocycles. The van der Waals surface area contributed by atoms with Crippen molar-refractivity contribution < 1.29 is 19.4 Å². The number of ether oxygens (including phenoxy) is 1. The van der Waals surface area contributed by atoms with Gasteiger partial charge in [-0.1, -0.05) is 23.2 Å². The first kappa shape index (κ1) is 17.3. The first-order chi connectivity index (χ1) is 9.85. The van der Waals surface area contributed by atoms with Crippen molar-refractivity contribution in [3.05, 3.63) is 33.8 Å². The van der Waals surface area contributed by atoms with Crippen LogP contribution in [-0.4, -0.2) is 42.1 Å². The van der Waals surface area contributed by atoms with Crippen molar-refractivity contribution in [2.45, 2.75) is 6.92 Å². The van der Waals surface area contributed by atoms with Gasteiger partial charge < -0.3 is 14.7 Å². The molecule has 21 heavy (non-hydrogen) atoms. The van der Waals surface area contributed by atoms with Crippen molar-refractivity contribution >= 4 is 41.2 Å². The van der Waals surface area contributed by atoms with Gasteiger partial charge in [0.15, 0.2) is 6.61 Å². The molecule has 0 fully saturated rings. The van der Waals surface area contributed by atoms with Crippen LogP contribution in [0.15, 0.2) is 18.2 Å². The lowest BCUT2D eigenvalue weighted by molar-refractivity contribution is -0.132. The van der Waals surface area contributed by atoms with Gasteiger partial charge in [0.25, 0.3) is 5.91 Å². The molecule has 0 unspecified atom stereocenters. The summed E-state index contributed by atoms with van der Waals surface area (Å²) >= 11 is 11.9. The van der Waals surface area contributed by atoms with Gasteiger partial charge in [-0.3, -0.25) is 4.79 Å². The van der Waals surface area contributed by atoms with E-state index in [9.17, 15) is 9.59 Å². The standard InChI is InChI=1S/C14H15Cl2NO4/c1-3-17(2)12(18)8-21-14-9(4-5-13(19)20)6-10(15)7-11(14)16/h4-7H,3,8H2,1-2H3,(H,19,20)/b5-4+. The molecule has 1 rings (SSSR count). The van der Waals surface area contributed by atoms with Crippen LogP contribution in [0.4, 0.5) is 0 Å². The maximum atomic E-state index is 11.7. The van der Waals surface area contributed by atoms with Crippen molar-refractivity contribution in [3.63, 3.8) is 0 Å². The number of carboxylic acid groups (broad SMARTS) is 1. The number of hydrogen-bond donors (Lipinski definition) is 1. The third-order valence-corrected chi connectivity index (χ3v) is 3.18. The lowest BCUT2D eigenvalue weighted by Crippen LogP contribution is -2.31. The molecule has 1 amide bonds. The Hall–Kier alpha value is -1.72. The Balaban J connectivity index is 2.99. The molecule has 0 heterocycles. The molecule has 0 saturated heterocycles. The van der Waals surface area contributed by atoms with Crippen LogP contribution in [-0.2, 0) is 9.59 Å². The van der Waals surface area contributed by atoms with Gasteiger partial charge in [-0.25, -0.2) is 4.79 Å². The number of aliphatic carboxylic acids is 1. The maximum absolute atomic E-state index is 11.7. The lowest BCUT2D eigenvalue weighted by atomic mass is 10.2. The van der Waals surface area contributed by atoms with Gasteiger partial charge >= 0.3 is 5.97 Å². The normalized spacial score (nSPS) is 10.7. The van der Waals surface area contributed by atoms with Crippen molar-refractivity contribution in [2.75, 3.05) is 20.2 Å². The quantitative estimate of drug-likeness (QED) is 0.814. The minimum absolute atomic E-state index is 0.195. The molecule has 0 saturated carbocycles. The lowest BCUT2D eigenvalue weighted by Gasteiger charge is -2.16. The summed E-state index contributed by atoms with van der Waals surface area (Å²) in [7, 11) is 1.65. The topological polar surface area (TPSA) is 66.8 Å². The Morgan fingerprint density at radius 2 is 2.05 bits per heavy atom. The van der Waals surface area contributed by atoms with Crippen molar-refractivity contribution in [1.29, 1.82) is 0 Å². The fraction of sp³-hybridized carbons (Fsp3) is 0.286. The molecule has 1 aromatic rings. The second-order valence-corrected chi connectivity index (χ2v) is 5.02. The summed E-state index contributed by atoms with van der Waals surface area (Å²) in [6, 6.07) is 2.97. The summed E-state index contributed by atoms with van der Waals surface area (Å²) < 4.78 is 5.41. The first-order valence-electron chi connectivity index (χ1n) is 6.12. The summed E-state index contributed by atoms with van der Waals surface area (Å²) in [5, 5.41) is 9.22. The molecule has 0 atom stereocenters. The molecule has 5 nitrogen and oxygen atoms in total. The van der Waals surface area contributed by atoms with E-state index in [2.05, 4.69) is 0 Å². The van der Waals surface area contributed by atoms with Gasteiger partial charge in [-0.2, -0.15) is 0 Å². The van der Waals surface area contributed by atoms with Crippen LogP contribution in [0.5, 0.6) is 5.75 Å². The average Bonchev–Trinajstić information content (AvgIpc) is 2.42. The highest BCUT2D eigenvalue weighted by Gasteiger charge is 2.13. The fourth-order valence-corrected chi connectivity index (χ4v) is 2.00. The molecule has 7 heteroatoms. The van der Waals surface area contributed by atoms with Crippen molar-refractivity contribution in [2.24, 2.45) is 0 Å². The molecule has 114 valence electrons. The Kier molecular flexibility index (Phi) is 6.52. The van der Waals surface area contributed by atoms with Gasteiger partial charge in [0.1, 0.15) is 5.75 Å². The molecule has 0 aromatic heterocycles. The van der Waals surface area contributed by atoms with Gasteiger partial charge in [-0.05, 0) is 25.1 Å². The van der Waals surface area contributed by atoms with E-state index in [4.69, 9.17) is 33.0 Å². The predicted molar refractivity (Wildman–Crippen MR) is 81.9 cm³/mol. The van der Waals surface area contributed by atoms with E-state index in [0.29, 0.717) is 17.1 Å². The number of carbonyl (C=O) groups excluding carboxylic acids is 1. The minimum atomic E-state index is -1.11. The molecule has 0 aliphatic rings. The Bertz CT molecular complexity index is 572. The number of halogens is 2. The Morgan fingerprint density at radius 3 is 2.62 bits per heavy atom. The second kappa shape index (κ2) is 7.90. The highest BCUT2D eigenvalue weighted by molar-refractivity contribution is 6.36. The maximum Gasteiger partial charge on any atom is 0.328 e. The zero-order valence-corrected chi connectivity index (χ0v) is 13.1. The molecule has 1 N–H and O–H groups in total. The smallest absolute Gasteiger partial charge is 0.328 e. The third kappa shape index (κ3) is 5.28. The van der Waals surface area contributed by atoms with Crippen LogP contribution in [0.25, 0.3) is 6.08 Å². The van der Waals surface area contributed by atoms with Crippen LogP contribution in [0.1, 0.15) is 12.5 Å². The number of benzene rings is 1. The predicted octanol–water partition coefficient (Wildman–Crippen LogP) is 2.95. The van der Waals surface area contributed by atoms with Gasteiger partial charge in [-0.15, -0.1) is 0 Å². The molecule has 0 radical (unpaired) electrons. The minimum Gasteiger partial charge on any atom is -0.482 e. The van der Waals surface area contributed by atoms with E-state index in [-0.39, 0.29) is 23.3 Å². The number of likely N-dealkylation sites (N-methyl/N-ethyl adjacent to an activating group) is 1. The van der Waals surface area contributed by atoms with E-state index in [1.807, 2.05) is 6.92 Å². The number of amides is 1. The summed E-state index contributed by atoms with van der Waals surface area (Å²) in [6.45, 7) is 2.20. The number of carbonyl (C=O) groups is 2. The monoisotopic (exact) mass is 331 g/mol. The molecular weight excluding hydrogens is 317 g/mol. The number of nitrogens with zero attached hydrogens (tertiary/aromatic N) is 1. The largest absolute Gasteiger partial charge is 0.482 e. The highest BCUT2D eigenvalue weighted by atomic mass is 35.5. The van der Waals surface area contributed by atoms with Crippen LogP contribution < -0.4 is 4.74 Å². The molecule has 0 bridgehead atoms. The van der Waals surface area contributed by atoms with Gasteiger partial charge in [0, 0.05) is 30.3 Å². The fourth-order valence-electron chi connectivity index (χ4n) is 1.44. The van der Waals surface area contributed by atoms with Crippen LogP contribution in [0.3, 0.4) is 0 Å². The van der Waals surface area contributed by atoms with Crippen LogP contribution in [0, 0.1) is 0 Å². The zero-order chi connectivity index (χ0) is 16.0. The molecule has 0 spiro atoms. The molecular formula is C14H15Cl2NO4. The van der Waals surface area contributed by atoms with Crippen molar-refractivity contribution in [1.82, 2.24) is 4.90 Å². The first-order valence-corrected chi connectivity index (χ1v) is 6.87. The van der Waals surface area contributed by atoms with Crippen LogP contribution in [0.2, 0.25) is 10.0 Å². The second-order valence-electron chi connectivity index (χ2n) is 4.17. The Morgan fingerprint density at radius 1 is 1.38 bits per heavy atom. The molecule has 0 aliphatic carbocycles.